The zero-order valence-corrected chi connectivity index (χ0v) is 11.9. The molecule has 3 N–H and O–H groups in total. The maximum absolute atomic E-state index is 11.9. The third kappa shape index (κ3) is 1.81. The van der Waals surface area contributed by atoms with E-state index in [1.807, 2.05) is 6.07 Å². The van der Waals surface area contributed by atoms with Crippen LogP contribution in [0.25, 0.3) is 0 Å². The molecule has 0 unspecified atom stereocenters. The molecule has 0 aromatic heterocycles. The monoisotopic (exact) mass is 299 g/mol. The zero-order valence-electron chi connectivity index (χ0n) is 11.1. The van der Waals surface area contributed by atoms with E-state index >= 15 is 0 Å². The number of sulfone groups is 1. The number of aliphatic hydroxyl groups is 1. The van der Waals surface area contributed by atoms with E-state index in [0.29, 0.717) is 11.5 Å². The zero-order chi connectivity index (χ0) is 14.5. The lowest BCUT2D eigenvalue weighted by atomic mass is 10.00. The summed E-state index contributed by atoms with van der Waals surface area (Å²) in [5, 5.41) is 8.97. The molecule has 0 spiro atoms. The van der Waals surface area contributed by atoms with E-state index in [0.717, 1.165) is 5.56 Å². The van der Waals surface area contributed by atoms with Crippen LogP contribution in [-0.2, 0) is 9.84 Å². The van der Waals surface area contributed by atoms with Crippen molar-refractivity contribution in [1.29, 1.82) is 0 Å². The van der Waals surface area contributed by atoms with Gasteiger partial charge in [0.05, 0.1) is 11.9 Å². The Bertz CT molecular complexity index is 638. The molecule has 7 heteroatoms. The maximum atomic E-state index is 11.9. The van der Waals surface area contributed by atoms with E-state index < -0.39 is 20.5 Å². The summed E-state index contributed by atoms with van der Waals surface area (Å²) in [6.45, 7) is 0.0433. The number of ether oxygens (including phenoxy) is 2. The number of nitrogens with two attached hydrogens (primary N) is 1. The second kappa shape index (κ2) is 4.34. The van der Waals surface area contributed by atoms with Crippen LogP contribution in [0.4, 0.5) is 0 Å². The number of aliphatic hydroxyl groups excluding tert-OH is 1. The van der Waals surface area contributed by atoms with Gasteiger partial charge in [-0.2, -0.15) is 0 Å². The van der Waals surface area contributed by atoms with Gasteiger partial charge in [-0.05, 0) is 17.7 Å². The predicted octanol–water partition coefficient (Wildman–Crippen LogP) is -0.137. The molecule has 3 atom stereocenters. The molecule has 1 heterocycles. The van der Waals surface area contributed by atoms with Crippen molar-refractivity contribution in [2.45, 2.75) is 11.2 Å². The minimum absolute atomic E-state index is 0.125. The molecule has 1 aromatic rings. The highest BCUT2D eigenvalue weighted by atomic mass is 32.2. The Morgan fingerprint density at radius 3 is 2.65 bits per heavy atom. The Morgan fingerprint density at radius 1 is 1.40 bits per heavy atom. The fourth-order valence-corrected chi connectivity index (χ4v) is 5.25. The third-order valence-electron chi connectivity index (χ3n) is 4.27. The topological polar surface area (TPSA) is 98.9 Å². The van der Waals surface area contributed by atoms with Gasteiger partial charge in [-0.15, -0.1) is 0 Å². The van der Waals surface area contributed by atoms with Crippen LogP contribution in [0.15, 0.2) is 18.2 Å². The number of hydrogen-bond acceptors (Lipinski definition) is 6. The van der Waals surface area contributed by atoms with Crippen LogP contribution in [0, 0.1) is 5.41 Å². The van der Waals surface area contributed by atoms with Gasteiger partial charge in [-0.3, -0.25) is 0 Å². The van der Waals surface area contributed by atoms with E-state index in [1.54, 1.807) is 12.1 Å². The highest BCUT2D eigenvalue weighted by molar-refractivity contribution is 7.91. The fourth-order valence-electron chi connectivity index (χ4n) is 3.24. The first kappa shape index (κ1) is 13.7. The lowest BCUT2D eigenvalue weighted by Gasteiger charge is -2.11. The summed E-state index contributed by atoms with van der Waals surface area (Å²) in [5.74, 6) is 0.945. The minimum Gasteiger partial charge on any atom is -0.454 e. The van der Waals surface area contributed by atoms with Crippen molar-refractivity contribution in [3.05, 3.63) is 23.8 Å². The van der Waals surface area contributed by atoms with Gasteiger partial charge in [-0.1, -0.05) is 6.07 Å². The van der Waals surface area contributed by atoms with Crippen molar-refractivity contribution in [1.82, 2.24) is 0 Å². The fraction of sp³-hybridized carbons (Fsp3) is 0.538. The van der Waals surface area contributed by atoms with Crippen LogP contribution in [0.2, 0.25) is 0 Å². The molecule has 110 valence electrons. The average molecular weight is 299 g/mol. The summed E-state index contributed by atoms with van der Waals surface area (Å²) in [4.78, 5) is 0. The largest absolute Gasteiger partial charge is 0.454 e. The van der Waals surface area contributed by atoms with Crippen LogP contribution in [0.1, 0.15) is 11.5 Å². The van der Waals surface area contributed by atoms with Gasteiger partial charge in [0.1, 0.15) is 0 Å². The van der Waals surface area contributed by atoms with Gasteiger partial charge < -0.3 is 20.3 Å². The first-order valence-corrected chi connectivity index (χ1v) is 8.29. The third-order valence-corrected chi connectivity index (χ3v) is 5.94. The molecule has 20 heavy (non-hydrogen) atoms. The van der Waals surface area contributed by atoms with Gasteiger partial charge in [0.2, 0.25) is 6.79 Å². The Morgan fingerprint density at radius 2 is 2.10 bits per heavy atom. The molecule has 1 aromatic carbocycles. The van der Waals surface area contributed by atoms with Crippen LogP contribution in [-0.4, -0.2) is 45.0 Å². The van der Waals surface area contributed by atoms with E-state index in [4.69, 9.17) is 15.2 Å². The smallest absolute Gasteiger partial charge is 0.231 e. The molecule has 3 rings (SSSR count). The molecule has 0 saturated heterocycles. The second-order valence-corrected chi connectivity index (χ2v) is 7.60. The van der Waals surface area contributed by atoms with Gasteiger partial charge in [-0.25, -0.2) is 8.42 Å². The Labute approximate surface area is 117 Å². The van der Waals surface area contributed by atoms with Gasteiger partial charge in [0.15, 0.2) is 21.3 Å². The van der Waals surface area contributed by atoms with Crippen molar-refractivity contribution in [3.8, 4) is 11.5 Å². The molecule has 0 bridgehead atoms. The van der Waals surface area contributed by atoms with Gasteiger partial charge >= 0.3 is 0 Å². The molecule has 1 aliphatic carbocycles. The van der Waals surface area contributed by atoms with Gasteiger partial charge in [0, 0.05) is 24.1 Å². The highest BCUT2D eigenvalue weighted by Crippen LogP contribution is 2.62. The molecule has 2 aliphatic rings. The maximum Gasteiger partial charge on any atom is 0.231 e. The lowest BCUT2D eigenvalue weighted by Crippen LogP contribution is -2.27. The van der Waals surface area contributed by atoms with Gasteiger partial charge in [0.25, 0.3) is 0 Å². The number of hydrogen-bond donors (Lipinski definition) is 2. The van der Waals surface area contributed by atoms with Crippen LogP contribution < -0.4 is 15.2 Å². The summed E-state index contributed by atoms with van der Waals surface area (Å²) in [7, 11) is -3.28. The normalized spacial score (nSPS) is 31.4. The second-order valence-electron chi connectivity index (χ2n) is 5.44. The minimum atomic E-state index is -3.28. The van der Waals surface area contributed by atoms with Crippen LogP contribution >= 0.6 is 0 Å². The van der Waals surface area contributed by atoms with Crippen LogP contribution in [0.3, 0.4) is 0 Å². The SMILES string of the molecule is CS(=O)(=O)[C@@H]1[C@@H](c2ccc3c(c2)OCO3)[C@]1(CN)CO. The summed E-state index contributed by atoms with van der Waals surface area (Å²) in [6.07, 6.45) is 1.19. The first-order valence-electron chi connectivity index (χ1n) is 6.33. The van der Waals surface area contributed by atoms with Crippen molar-refractivity contribution in [2.75, 3.05) is 26.2 Å². The quantitative estimate of drug-likeness (QED) is 0.803. The number of benzene rings is 1. The molecular formula is C13H17NO5S. The van der Waals surface area contributed by atoms with E-state index in [-0.39, 0.29) is 25.9 Å². The lowest BCUT2D eigenvalue weighted by molar-refractivity contribution is 0.174. The summed E-state index contributed by atoms with van der Waals surface area (Å²) >= 11 is 0. The highest BCUT2D eigenvalue weighted by Gasteiger charge is 2.68. The Hall–Kier alpha value is -1.31. The first-order chi connectivity index (χ1) is 9.44. The molecule has 0 radical (unpaired) electrons. The van der Waals surface area contributed by atoms with Crippen LogP contribution in [0.5, 0.6) is 11.5 Å². The van der Waals surface area contributed by atoms with E-state index in [1.165, 1.54) is 6.26 Å². The molecule has 6 nitrogen and oxygen atoms in total. The van der Waals surface area contributed by atoms with Crippen molar-refractivity contribution in [3.63, 3.8) is 0 Å². The molecule has 1 aliphatic heterocycles. The Kier molecular flexibility index (Phi) is 2.97. The van der Waals surface area contributed by atoms with Crippen molar-refractivity contribution in [2.24, 2.45) is 11.1 Å². The van der Waals surface area contributed by atoms with Crippen molar-refractivity contribution >= 4 is 9.84 Å². The molecule has 1 saturated carbocycles. The molecular weight excluding hydrogens is 282 g/mol. The van der Waals surface area contributed by atoms with E-state index in [2.05, 4.69) is 0 Å². The molecule has 1 fully saturated rings. The number of rotatable bonds is 4. The van der Waals surface area contributed by atoms with E-state index in [9.17, 15) is 13.5 Å². The summed E-state index contributed by atoms with van der Waals surface area (Å²) in [6, 6.07) is 5.34. The average Bonchev–Trinajstić information content (AvgIpc) is 2.89. The molecule has 0 amide bonds. The number of fused-ring (bicyclic) bond motifs is 1. The van der Waals surface area contributed by atoms with Crippen molar-refractivity contribution < 1.29 is 23.0 Å². The standard InChI is InChI=1S/C13H17NO5S/c1-20(16,17)12-11(13(12,5-14)6-15)8-2-3-9-10(4-8)19-7-18-9/h2-4,11-12,15H,5-7,14H2,1H3/t11-,12-,13+/m1/s1. The summed E-state index contributed by atoms with van der Waals surface area (Å²) in [5.41, 5.74) is 5.75. The predicted molar refractivity (Wildman–Crippen MR) is 72.5 cm³/mol. The summed E-state index contributed by atoms with van der Waals surface area (Å²) < 4.78 is 34.4. The Balaban J connectivity index is 2.01.